The van der Waals surface area contributed by atoms with Gasteiger partial charge in [0.1, 0.15) is 11.6 Å². The summed E-state index contributed by atoms with van der Waals surface area (Å²) in [7, 11) is 0. The molecule has 0 aromatic heterocycles. The van der Waals surface area contributed by atoms with Gasteiger partial charge in [-0.15, -0.1) is 0 Å². The predicted molar refractivity (Wildman–Crippen MR) is 87.0 cm³/mol. The van der Waals surface area contributed by atoms with Crippen LogP contribution >= 0.6 is 0 Å². The van der Waals surface area contributed by atoms with Crippen molar-refractivity contribution < 1.29 is 18.7 Å². The van der Waals surface area contributed by atoms with Crippen LogP contribution in [0.3, 0.4) is 0 Å². The number of rotatable bonds is 6. The zero-order valence-corrected chi connectivity index (χ0v) is 12.9. The van der Waals surface area contributed by atoms with Crippen LogP contribution in [0, 0.1) is 11.7 Å². The number of primary amides is 1. The highest BCUT2D eigenvalue weighted by Crippen LogP contribution is 2.48. The van der Waals surface area contributed by atoms with Crippen molar-refractivity contribution in [3.05, 3.63) is 59.9 Å². The van der Waals surface area contributed by atoms with E-state index < -0.39 is 5.91 Å². The molecule has 1 aliphatic carbocycles. The average molecular weight is 328 g/mol. The molecule has 124 valence electrons. The molecule has 2 aromatic carbocycles. The van der Waals surface area contributed by atoms with Gasteiger partial charge < -0.3 is 15.8 Å². The lowest BCUT2D eigenvalue weighted by Crippen LogP contribution is -2.20. The standard InChI is InChI=1S/C18H17FN2O3/c19-16-4-2-1-3-13(16)14-9-15(14)18(23)21-11-5-7-12(8-6-11)24-10-17(20)22/h1-8,14-15H,9-10H2,(H2,20,22)(H,21,23). The minimum Gasteiger partial charge on any atom is -0.484 e. The van der Waals surface area contributed by atoms with E-state index in [2.05, 4.69) is 5.32 Å². The Morgan fingerprint density at radius 1 is 1.17 bits per heavy atom. The highest BCUT2D eigenvalue weighted by Gasteiger charge is 2.45. The van der Waals surface area contributed by atoms with Gasteiger partial charge in [-0.3, -0.25) is 9.59 Å². The highest BCUT2D eigenvalue weighted by atomic mass is 19.1. The summed E-state index contributed by atoms with van der Waals surface area (Å²) in [6.07, 6.45) is 0.645. The fraction of sp³-hybridized carbons (Fsp3) is 0.222. The van der Waals surface area contributed by atoms with Crippen LogP contribution in [0.1, 0.15) is 17.9 Å². The molecule has 0 bridgehead atoms. The van der Waals surface area contributed by atoms with Crippen LogP contribution in [0.15, 0.2) is 48.5 Å². The number of carbonyl (C=O) groups is 2. The molecule has 0 radical (unpaired) electrons. The lowest BCUT2D eigenvalue weighted by molar-refractivity contribution is -0.120. The van der Waals surface area contributed by atoms with E-state index >= 15 is 0 Å². The van der Waals surface area contributed by atoms with Gasteiger partial charge in [-0.05, 0) is 48.2 Å². The minimum atomic E-state index is -0.555. The molecule has 0 aliphatic heterocycles. The maximum Gasteiger partial charge on any atom is 0.255 e. The third-order valence-corrected chi connectivity index (χ3v) is 3.93. The molecule has 1 saturated carbocycles. The summed E-state index contributed by atoms with van der Waals surface area (Å²) < 4.78 is 18.9. The summed E-state index contributed by atoms with van der Waals surface area (Å²) in [4.78, 5) is 22.9. The molecule has 2 atom stereocenters. The smallest absolute Gasteiger partial charge is 0.255 e. The largest absolute Gasteiger partial charge is 0.484 e. The zero-order valence-electron chi connectivity index (χ0n) is 12.9. The number of nitrogens with two attached hydrogens (primary N) is 1. The Morgan fingerprint density at radius 3 is 2.54 bits per heavy atom. The summed E-state index contributed by atoms with van der Waals surface area (Å²) in [5, 5.41) is 2.81. The number of hydrogen-bond donors (Lipinski definition) is 2. The molecule has 5 nitrogen and oxygen atoms in total. The molecule has 1 aliphatic rings. The first kappa shape index (κ1) is 16.0. The minimum absolute atomic E-state index is 0.0654. The van der Waals surface area contributed by atoms with Gasteiger partial charge in [0.15, 0.2) is 6.61 Å². The average Bonchev–Trinajstić information content (AvgIpc) is 3.35. The van der Waals surface area contributed by atoms with Crippen molar-refractivity contribution in [2.24, 2.45) is 11.7 Å². The molecule has 3 rings (SSSR count). The first-order valence-electron chi connectivity index (χ1n) is 7.61. The van der Waals surface area contributed by atoms with E-state index in [9.17, 15) is 14.0 Å². The van der Waals surface area contributed by atoms with Crippen molar-refractivity contribution in [2.45, 2.75) is 12.3 Å². The SMILES string of the molecule is NC(=O)COc1ccc(NC(=O)C2CC2c2ccccc2F)cc1. The van der Waals surface area contributed by atoms with Gasteiger partial charge in [-0.1, -0.05) is 18.2 Å². The first-order valence-corrected chi connectivity index (χ1v) is 7.61. The fourth-order valence-electron chi connectivity index (χ4n) is 2.63. The van der Waals surface area contributed by atoms with Crippen LogP contribution in [-0.4, -0.2) is 18.4 Å². The molecule has 2 unspecified atom stereocenters. The molecule has 1 fully saturated rings. The number of amides is 2. The zero-order chi connectivity index (χ0) is 17.1. The molecule has 6 heteroatoms. The Labute approximate surface area is 138 Å². The Hall–Kier alpha value is -2.89. The van der Waals surface area contributed by atoms with Gasteiger partial charge >= 0.3 is 0 Å². The summed E-state index contributed by atoms with van der Waals surface area (Å²) in [6, 6.07) is 13.2. The number of carbonyl (C=O) groups excluding carboxylic acids is 2. The summed E-state index contributed by atoms with van der Waals surface area (Å²) >= 11 is 0. The van der Waals surface area contributed by atoms with E-state index in [1.54, 1.807) is 42.5 Å². The number of hydrogen-bond acceptors (Lipinski definition) is 3. The predicted octanol–water partition coefficient (Wildman–Crippen LogP) is 2.43. The molecule has 24 heavy (non-hydrogen) atoms. The Bertz CT molecular complexity index is 761. The van der Waals surface area contributed by atoms with Crippen molar-refractivity contribution in [1.82, 2.24) is 0 Å². The lowest BCUT2D eigenvalue weighted by Gasteiger charge is -2.07. The van der Waals surface area contributed by atoms with Gasteiger partial charge in [0.2, 0.25) is 5.91 Å². The van der Waals surface area contributed by atoms with Crippen LogP contribution < -0.4 is 15.8 Å². The third kappa shape index (κ3) is 3.71. The van der Waals surface area contributed by atoms with Crippen molar-refractivity contribution >= 4 is 17.5 Å². The van der Waals surface area contributed by atoms with Gasteiger partial charge in [0.25, 0.3) is 5.91 Å². The number of ether oxygens (including phenoxy) is 1. The molecule has 0 saturated heterocycles. The maximum atomic E-state index is 13.7. The quantitative estimate of drug-likeness (QED) is 0.854. The maximum absolute atomic E-state index is 13.7. The molecule has 2 aromatic rings. The van der Waals surface area contributed by atoms with E-state index in [4.69, 9.17) is 10.5 Å². The van der Waals surface area contributed by atoms with E-state index in [0.29, 0.717) is 23.4 Å². The molecule has 0 spiro atoms. The second kappa shape index (κ2) is 6.70. The van der Waals surface area contributed by atoms with Gasteiger partial charge in [-0.25, -0.2) is 4.39 Å². The molecule has 2 amide bonds. The third-order valence-electron chi connectivity index (χ3n) is 3.93. The van der Waals surface area contributed by atoms with Crippen molar-refractivity contribution in [1.29, 1.82) is 0 Å². The Kier molecular flexibility index (Phi) is 4.46. The van der Waals surface area contributed by atoms with E-state index in [-0.39, 0.29) is 30.2 Å². The van der Waals surface area contributed by atoms with Crippen molar-refractivity contribution in [2.75, 3.05) is 11.9 Å². The van der Waals surface area contributed by atoms with Crippen molar-refractivity contribution in [3.63, 3.8) is 0 Å². The Balaban J connectivity index is 1.56. The second-order valence-electron chi connectivity index (χ2n) is 5.74. The van der Waals surface area contributed by atoms with E-state index in [0.717, 1.165) is 0 Å². The van der Waals surface area contributed by atoms with Crippen molar-refractivity contribution in [3.8, 4) is 5.75 Å². The van der Waals surface area contributed by atoms with Crippen LogP contribution in [0.2, 0.25) is 0 Å². The topological polar surface area (TPSA) is 81.4 Å². The first-order chi connectivity index (χ1) is 11.5. The van der Waals surface area contributed by atoms with Crippen LogP contribution in [0.5, 0.6) is 5.75 Å². The summed E-state index contributed by atoms with van der Waals surface area (Å²) in [6.45, 7) is -0.196. The number of anilines is 1. The van der Waals surface area contributed by atoms with Gasteiger partial charge in [-0.2, -0.15) is 0 Å². The van der Waals surface area contributed by atoms with Gasteiger partial charge in [0.05, 0.1) is 0 Å². The fourth-order valence-corrected chi connectivity index (χ4v) is 2.63. The van der Waals surface area contributed by atoms with E-state index in [1.165, 1.54) is 6.07 Å². The summed E-state index contributed by atoms with van der Waals surface area (Å²) in [5.74, 6) is -0.748. The van der Waals surface area contributed by atoms with Crippen LogP contribution in [0.25, 0.3) is 0 Å². The Morgan fingerprint density at radius 2 is 1.88 bits per heavy atom. The monoisotopic (exact) mass is 328 g/mol. The molecular weight excluding hydrogens is 311 g/mol. The van der Waals surface area contributed by atoms with Crippen LogP contribution in [0.4, 0.5) is 10.1 Å². The molecule has 0 heterocycles. The second-order valence-corrected chi connectivity index (χ2v) is 5.74. The molecular formula is C18H17FN2O3. The highest BCUT2D eigenvalue weighted by molar-refractivity contribution is 5.95. The van der Waals surface area contributed by atoms with E-state index in [1.807, 2.05) is 0 Å². The normalized spacial score (nSPS) is 18.7. The summed E-state index contributed by atoms with van der Waals surface area (Å²) in [5.41, 5.74) is 6.21. The lowest BCUT2D eigenvalue weighted by atomic mass is 10.1. The van der Waals surface area contributed by atoms with Gasteiger partial charge in [0, 0.05) is 11.6 Å². The molecule has 3 N–H and O–H groups in total. The number of benzene rings is 2. The van der Waals surface area contributed by atoms with Crippen LogP contribution in [-0.2, 0) is 9.59 Å². The number of nitrogens with one attached hydrogen (secondary N) is 1. The number of halogens is 1.